The smallest absolute Gasteiger partial charge is 0.339 e. The number of amides is 3. The molecule has 0 radical (unpaired) electrons. The van der Waals surface area contributed by atoms with Crippen LogP contribution in [0.4, 0.5) is 14.9 Å². The molecule has 0 bridgehead atoms. The van der Waals surface area contributed by atoms with Gasteiger partial charge in [0.2, 0.25) is 5.88 Å². The number of urea groups is 1. The second-order valence-electron chi connectivity index (χ2n) is 6.66. The average Bonchev–Trinajstić information content (AvgIpc) is 3.23. The monoisotopic (exact) mass is 447 g/mol. The summed E-state index contributed by atoms with van der Waals surface area (Å²) in [6.45, 7) is 3.39. The van der Waals surface area contributed by atoms with E-state index in [-0.39, 0.29) is 5.76 Å². The topological polar surface area (TPSA) is 93.9 Å². The summed E-state index contributed by atoms with van der Waals surface area (Å²) in [5.74, 6) is -0.0994. The molecule has 3 aromatic rings. The van der Waals surface area contributed by atoms with Gasteiger partial charge in [-0.1, -0.05) is 19.7 Å². The SMILES string of the molecule is CCC(F)C(C)Oc1ccc(NC(=O)N(S)C(=O)c2cc3c(OC)nccc3o2)cc1. The Morgan fingerprint density at radius 3 is 2.65 bits per heavy atom. The summed E-state index contributed by atoms with van der Waals surface area (Å²) in [5.41, 5.74) is 0.792. The number of hydrogen-bond donors (Lipinski definition) is 2. The molecule has 3 rings (SSSR count). The summed E-state index contributed by atoms with van der Waals surface area (Å²) in [5, 5.41) is 3.04. The Balaban J connectivity index is 1.65. The molecule has 0 fully saturated rings. The number of aromatic nitrogens is 1. The summed E-state index contributed by atoms with van der Waals surface area (Å²) in [6.07, 6.45) is 0.176. The van der Waals surface area contributed by atoms with Crippen molar-refractivity contribution in [1.29, 1.82) is 0 Å². The molecule has 8 nitrogen and oxygen atoms in total. The zero-order valence-electron chi connectivity index (χ0n) is 17.2. The molecule has 0 spiro atoms. The lowest BCUT2D eigenvalue weighted by Gasteiger charge is -2.18. The molecule has 1 aromatic carbocycles. The summed E-state index contributed by atoms with van der Waals surface area (Å²) < 4.78 is 30.4. The van der Waals surface area contributed by atoms with Gasteiger partial charge >= 0.3 is 11.9 Å². The fraction of sp³-hybridized carbons (Fsp3) is 0.286. The lowest BCUT2D eigenvalue weighted by molar-refractivity contribution is 0.0875. The van der Waals surface area contributed by atoms with Crippen LogP contribution in [0.25, 0.3) is 11.0 Å². The number of nitrogens with one attached hydrogen (secondary N) is 1. The number of carbonyl (C=O) groups excluding carboxylic acids is 2. The Hall–Kier alpha value is -3.27. The number of hydrogen-bond acceptors (Lipinski definition) is 7. The summed E-state index contributed by atoms with van der Waals surface area (Å²) in [6, 6.07) is 8.56. The number of methoxy groups -OCH3 is 1. The maximum absolute atomic E-state index is 13.6. The minimum atomic E-state index is -1.07. The highest BCUT2D eigenvalue weighted by Crippen LogP contribution is 2.27. The van der Waals surface area contributed by atoms with E-state index in [0.717, 1.165) is 0 Å². The number of thiol groups is 1. The molecule has 2 heterocycles. The molecule has 0 saturated heterocycles. The first kappa shape index (κ1) is 22.4. The molecule has 164 valence electrons. The van der Waals surface area contributed by atoms with Crippen molar-refractivity contribution in [1.82, 2.24) is 9.29 Å². The zero-order chi connectivity index (χ0) is 22.5. The van der Waals surface area contributed by atoms with Crippen molar-refractivity contribution in [3.8, 4) is 11.6 Å². The van der Waals surface area contributed by atoms with Crippen LogP contribution in [0.15, 0.2) is 47.0 Å². The molecule has 2 atom stereocenters. The molecular weight excluding hydrogens is 425 g/mol. The number of alkyl halides is 1. The third kappa shape index (κ3) is 5.08. The molecule has 1 N–H and O–H groups in total. The van der Waals surface area contributed by atoms with Gasteiger partial charge < -0.3 is 19.2 Å². The highest BCUT2D eigenvalue weighted by molar-refractivity contribution is 7.79. The summed E-state index contributed by atoms with van der Waals surface area (Å²) in [4.78, 5) is 29.0. The minimum Gasteiger partial charge on any atom is -0.488 e. The van der Waals surface area contributed by atoms with Crippen LogP contribution in [0.1, 0.15) is 30.8 Å². The van der Waals surface area contributed by atoms with E-state index >= 15 is 0 Å². The first-order valence-electron chi connectivity index (χ1n) is 9.51. The second-order valence-corrected chi connectivity index (χ2v) is 7.06. The molecule has 3 amide bonds. The van der Waals surface area contributed by atoms with Gasteiger partial charge in [0.05, 0.1) is 12.5 Å². The van der Waals surface area contributed by atoms with Crippen molar-refractivity contribution in [2.24, 2.45) is 0 Å². The number of benzene rings is 1. The quantitative estimate of drug-likeness (QED) is 0.502. The number of carbonyl (C=O) groups is 2. The van der Waals surface area contributed by atoms with Crippen LogP contribution in [0.3, 0.4) is 0 Å². The largest absolute Gasteiger partial charge is 0.488 e. The van der Waals surface area contributed by atoms with E-state index in [4.69, 9.17) is 13.9 Å². The predicted molar refractivity (Wildman–Crippen MR) is 116 cm³/mol. The van der Waals surface area contributed by atoms with Gasteiger partial charge in [-0.25, -0.2) is 18.5 Å². The highest BCUT2D eigenvalue weighted by Gasteiger charge is 2.24. The van der Waals surface area contributed by atoms with Gasteiger partial charge in [-0.3, -0.25) is 4.79 Å². The highest BCUT2D eigenvalue weighted by atomic mass is 32.1. The van der Waals surface area contributed by atoms with Crippen LogP contribution >= 0.6 is 12.8 Å². The standard InChI is InChI=1S/C21H22FN3O5S/c1-4-16(22)12(2)29-14-7-5-13(6-8-14)24-21(27)25(31)20(26)18-11-15-17(30-18)9-10-23-19(15)28-3/h5-12,16,31H,4H2,1-3H3,(H,24,27). The molecule has 2 aromatic heterocycles. The average molecular weight is 447 g/mol. The van der Waals surface area contributed by atoms with Crippen molar-refractivity contribution >= 4 is 41.4 Å². The van der Waals surface area contributed by atoms with Crippen molar-refractivity contribution in [2.45, 2.75) is 32.5 Å². The third-order valence-electron chi connectivity index (χ3n) is 4.52. The van der Waals surface area contributed by atoms with Gasteiger partial charge in [0.25, 0.3) is 0 Å². The van der Waals surface area contributed by atoms with Crippen LogP contribution in [-0.4, -0.2) is 40.6 Å². The normalized spacial score (nSPS) is 12.8. The maximum Gasteiger partial charge on any atom is 0.339 e. The molecule has 0 aliphatic rings. The van der Waals surface area contributed by atoms with Crippen molar-refractivity contribution in [3.05, 3.63) is 48.4 Å². The fourth-order valence-corrected chi connectivity index (χ4v) is 2.97. The van der Waals surface area contributed by atoms with E-state index in [0.29, 0.717) is 39.0 Å². The number of nitrogens with zero attached hydrogens (tertiary/aromatic N) is 2. The minimum absolute atomic E-state index is 0.0964. The molecule has 10 heteroatoms. The lowest BCUT2D eigenvalue weighted by atomic mass is 10.2. The van der Waals surface area contributed by atoms with E-state index in [1.165, 1.54) is 19.4 Å². The first-order chi connectivity index (χ1) is 14.8. The van der Waals surface area contributed by atoms with Crippen LogP contribution in [-0.2, 0) is 0 Å². The Labute approximate surface area is 183 Å². The first-order valence-corrected chi connectivity index (χ1v) is 9.91. The lowest BCUT2D eigenvalue weighted by Crippen LogP contribution is -2.32. The van der Waals surface area contributed by atoms with E-state index < -0.39 is 24.2 Å². The van der Waals surface area contributed by atoms with Gasteiger partial charge in [0.1, 0.15) is 23.6 Å². The molecule has 31 heavy (non-hydrogen) atoms. The Morgan fingerprint density at radius 1 is 1.29 bits per heavy atom. The van der Waals surface area contributed by atoms with Gasteiger partial charge in [-0.15, -0.1) is 0 Å². The maximum atomic E-state index is 13.6. The fourth-order valence-electron chi connectivity index (χ4n) is 2.82. The van der Waals surface area contributed by atoms with Crippen LogP contribution in [0.2, 0.25) is 0 Å². The van der Waals surface area contributed by atoms with E-state index in [1.54, 1.807) is 44.2 Å². The van der Waals surface area contributed by atoms with Gasteiger partial charge in [0, 0.05) is 24.0 Å². The zero-order valence-corrected chi connectivity index (χ0v) is 18.1. The van der Waals surface area contributed by atoms with Gasteiger partial charge in [-0.05, 0) is 37.6 Å². The summed E-state index contributed by atoms with van der Waals surface area (Å²) >= 11 is 3.99. The Bertz CT molecular complexity index is 1070. The van der Waals surface area contributed by atoms with E-state index in [1.807, 2.05) is 0 Å². The van der Waals surface area contributed by atoms with Crippen molar-refractivity contribution in [3.63, 3.8) is 0 Å². The second kappa shape index (κ2) is 9.69. The number of ether oxygens (including phenoxy) is 2. The molecule has 0 aliphatic heterocycles. The van der Waals surface area contributed by atoms with Crippen LogP contribution in [0, 0.1) is 0 Å². The van der Waals surface area contributed by atoms with Crippen LogP contribution in [0.5, 0.6) is 11.6 Å². The Morgan fingerprint density at radius 2 is 2.00 bits per heavy atom. The summed E-state index contributed by atoms with van der Waals surface area (Å²) in [7, 11) is 1.45. The number of anilines is 1. The molecule has 2 unspecified atom stereocenters. The van der Waals surface area contributed by atoms with E-state index in [9.17, 15) is 14.0 Å². The van der Waals surface area contributed by atoms with Crippen molar-refractivity contribution < 1.29 is 27.9 Å². The van der Waals surface area contributed by atoms with E-state index in [2.05, 4.69) is 23.1 Å². The van der Waals surface area contributed by atoms with Gasteiger partial charge in [-0.2, -0.15) is 0 Å². The third-order valence-corrected chi connectivity index (χ3v) is 4.89. The number of imide groups is 1. The number of pyridine rings is 1. The van der Waals surface area contributed by atoms with Crippen molar-refractivity contribution in [2.75, 3.05) is 12.4 Å². The molecule has 0 saturated carbocycles. The molecular formula is C21H22FN3O5S. The molecule has 0 aliphatic carbocycles. The number of fused-ring (bicyclic) bond motifs is 1. The predicted octanol–water partition coefficient (Wildman–Crippen LogP) is 4.87. The number of halogens is 1. The number of furan rings is 1. The Kier molecular flexibility index (Phi) is 7.01. The van der Waals surface area contributed by atoms with Crippen LogP contribution < -0.4 is 14.8 Å². The van der Waals surface area contributed by atoms with Gasteiger partial charge in [0.15, 0.2) is 5.76 Å². The number of rotatable bonds is 7.